The lowest BCUT2D eigenvalue weighted by Gasteiger charge is -2.07. The lowest BCUT2D eigenvalue weighted by molar-refractivity contribution is 0.0509. The summed E-state index contributed by atoms with van der Waals surface area (Å²) in [5.74, 6) is 0.223. The molecule has 4 heteroatoms. The molecule has 0 aromatic heterocycles. The minimum absolute atomic E-state index is 0.131. The van der Waals surface area contributed by atoms with Gasteiger partial charge in [-0.15, -0.1) is 0 Å². The Hall–Kier alpha value is -1.39. The Balaban J connectivity index is 2.78. The first-order chi connectivity index (χ1) is 7.15. The molecule has 1 rings (SSSR count). The first-order valence-electron chi connectivity index (χ1n) is 4.59. The maximum atomic E-state index is 11.4. The second-order valence-corrected chi connectivity index (χ2v) is 3.12. The highest BCUT2D eigenvalue weighted by atomic mass is 16.7. The highest BCUT2D eigenvalue weighted by Gasteiger charge is 2.12. The molecular formula is C11H14O4. The lowest BCUT2D eigenvalue weighted by atomic mass is 10.1. The van der Waals surface area contributed by atoms with E-state index in [9.17, 15) is 4.79 Å². The molecule has 1 aromatic carbocycles. The fourth-order valence-electron chi connectivity index (χ4n) is 1.11. The number of aliphatic hydroxyl groups is 1. The van der Waals surface area contributed by atoms with Crippen molar-refractivity contribution in [2.75, 3.05) is 13.9 Å². The van der Waals surface area contributed by atoms with Gasteiger partial charge in [-0.1, -0.05) is 12.1 Å². The van der Waals surface area contributed by atoms with Gasteiger partial charge in [0.15, 0.2) is 12.6 Å². The van der Waals surface area contributed by atoms with Crippen LogP contribution in [0, 0.1) is 0 Å². The summed E-state index contributed by atoms with van der Waals surface area (Å²) in [6.07, 6.45) is -0.998. The SMILES string of the molecule is COCOc1cccc(C(=O)[C@H](C)O)c1. The molecule has 0 unspecified atom stereocenters. The number of methoxy groups -OCH3 is 1. The maximum absolute atomic E-state index is 11.4. The van der Waals surface area contributed by atoms with Crippen LogP contribution in [0.3, 0.4) is 0 Å². The minimum Gasteiger partial charge on any atom is -0.468 e. The van der Waals surface area contributed by atoms with Gasteiger partial charge in [0.1, 0.15) is 11.9 Å². The fraction of sp³-hybridized carbons (Fsp3) is 0.364. The average molecular weight is 210 g/mol. The zero-order chi connectivity index (χ0) is 11.3. The van der Waals surface area contributed by atoms with Gasteiger partial charge in [-0.05, 0) is 19.1 Å². The molecule has 0 aliphatic carbocycles. The van der Waals surface area contributed by atoms with Crippen molar-refractivity contribution in [1.29, 1.82) is 0 Å². The zero-order valence-electron chi connectivity index (χ0n) is 8.77. The van der Waals surface area contributed by atoms with Crippen LogP contribution in [-0.2, 0) is 4.74 Å². The topological polar surface area (TPSA) is 55.8 Å². The Morgan fingerprint density at radius 3 is 2.87 bits per heavy atom. The summed E-state index contributed by atoms with van der Waals surface area (Å²) < 4.78 is 9.91. The van der Waals surface area contributed by atoms with E-state index in [0.717, 1.165) is 0 Å². The number of rotatable bonds is 5. The number of ether oxygens (including phenoxy) is 2. The van der Waals surface area contributed by atoms with E-state index in [1.54, 1.807) is 24.3 Å². The molecule has 0 amide bonds. The van der Waals surface area contributed by atoms with Crippen molar-refractivity contribution >= 4 is 5.78 Å². The van der Waals surface area contributed by atoms with Crippen LogP contribution in [0.25, 0.3) is 0 Å². The summed E-state index contributed by atoms with van der Waals surface area (Å²) in [6, 6.07) is 6.63. The van der Waals surface area contributed by atoms with Gasteiger partial charge in [0, 0.05) is 12.7 Å². The summed E-state index contributed by atoms with van der Waals surface area (Å²) in [7, 11) is 1.52. The van der Waals surface area contributed by atoms with Crippen LogP contribution in [0.4, 0.5) is 0 Å². The number of Topliss-reactive ketones (excluding diaryl/α,β-unsaturated/α-hetero) is 1. The molecule has 15 heavy (non-hydrogen) atoms. The molecule has 0 saturated heterocycles. The number of ketones is 1. The van der Waals surface area contributed by atoms with E-state index in [1.165, 1.54) is 14.0 Å². The third kappa shape index (κ3) is 3.34. The van der Waals surface area contributed by atoms with Crippen LogP contribution in [0.15, 0.2) is 24.3 Å². The maximum Gasteiger partial charge on any atom is 0.191 e. The molecule has 0 heterocycles. The number of aliphatic hydroxyl groups excluding tert-OH is 1. The average Bonchev–Trinajstić information content (AvgIpc) is 2.25. The summed E-state index contributed by atoms with van der Waals surface area (Å²) >= 11 is 0. The van der Waals surface area contributed by atoms with Crippen molar-refractivity contribution in [2.45, 2.75) is 13.0 Å². The Morgan fingerprint density at radius 1 is 1.53 bits per heavy atom. The van der Waals surface area contributed by atoms with E-state index in [1.807, 2.05) is 0 Å². The smallest absolute Gasteiger partial charge is 0.191 e. The second-order valence-electron chi connectivity index (χ2n) is 3.12. The van der Waals surface area contributed by atoms with Crippen LogP contribution >= 0.6 is 0 Å². The van der Waals surface area contributed by atoms with Gasteiger partial charge >= 0.3 is 0 Å². The normalized spacial score (nSPS) is 12.2. The van der Waals surface area contributed by atoms with Crippen molar-refractivity contribution in [3.63, 3.8) is 0 Å². The third-order valence-electron chi connectivity index (χ3n) is 1.84. The van der Waals surface area contributed by atoms with Crippen LogP contribution in [-0.4, -0.2) is 30.9 Å². The molecule has 0 spiro atoms. The van der Waals surface area contributed by atoms with E-state index < -0.39 is 6.10 Å². The Bertz CT molecular complexity index is 333. The van der Waals surface area contributed by atoms with Crippen molar-refractivity contribution in [1.82, 2.24) is 0 Å². The van der Waals surface area contributed by atoms with Gasteiger partial charge in [-0.25, -0.2) is 0 Å². The molecule has 0 fully saturated rings. The van der Waals surface area contributed by atoms with Crippen molar-refractivity contribution < 1.29 is 19.4 Å². The summed E-state index contributed by atoms with van der Waals surface area (Å²) in [5.41, 5.74) is 0.429. The predicted molar refractivity (Wildman–Crippen MR) is 55.0 cm³/mol. The quantitative estimate of drug-likeness (QED) is 0.586. The highest BCUT2D eigenvalue weighted by Crippen LogP contribution is 2.14. The molecule has 4 nitrogen and oxygen atoms in total. The second kappa shape index (κ2) is 5.48. The Kier molecular flexibility index (Phi) is 4.27. The van der Waals surface area contributed by atoms with E-state index in [0.29, 0.717) is 11.3 Å². The number of hydrogen-bond donors (Lipinski definition) is 1. The summed E-state index contributed by atoms with van der Waals surface area (Å²) in [4.78, 5) is 11.4. The zero-order valence-corrected chi connectivity index (χ0v) is 8.77. The van der Waals surface area contributed by atoms with E-state index in [4.69, 9.17) is 14.6 Å². The van der Waals surface area contributed by atoms with Gasteiger partial charge in [-0.2, -0.15) is 0 Å². The Labute approximate surface area is 88.4 Å². The number of carbonyl (C=O) groups is 1. The highest BCUT2D eigenvalue weighted by molar-refractivity contribution is 5.99. The molecule has 0 aliphatic heterocycles. The van der Waals surface area contributed by atoms with Gasteiger partial charge in [0.25, 0.3) is 0 Å². The first kappa shape index (κ1) is 11.7. The molecule has 1 aromatic rings. The number of hydrogen-bond acceptors (Lipinski definition) is 4. The molecule has 0 radical (unpaired) electrons. The number of benzene rings is 1. The Morgan fingerprint density at radius 2 is 2.27 bits per heavy atom. The number of carbonyl (C=O) groups excluding carboxylic acids is 1. The summed E-state index contributed by atoms with van der Waals surface area (Å²) in [5, 5.41) is 9.13. The third-order valence-corrected chi connectivity index (χ3v) is 1.84. The van der Waals surface area contributed by atoms with Crippen LogP contribution < -0.4 is 4.74 Å². The van der Waals surface area contributed by atoms with Gasteiger partial charge in [0.2, 0.25) is 0 Å². The van der Waals surface area contributed by atoms with Gasteiger partial charge < -0.3 is 14.6 Å². The van der Waals surface area contributed by atoms with Crippen molar-refractivity contribution in [2.24, 2.45) is 0 Å². The molecule has 1 atom stereocenters. The van der Waals surface area contributed by atoms with Crippen LogP contribution in [0.5, 0.6) is 5.75 Å². The van der Waals surface area contributed by atoms with Gasteiger partial charge in [-0.3, -0.25) is 4.79 Å². The van der Waals surface area contributed by atoms with E-state index in [-0.39, 0.29) is 12.6 Å². The molecular weight excluding hydrogens is 196 g/mol. The molecule has 1 N–H and O–H groups in total. The van der Waals surface area contributed by atoms with E-state index >= 15 is 0 Å². The minimum atomic E-state index is -0.998. The van der Waals surface area contributed by atoms with Gasteiger partial charge in [0.05, 0.1) is 0 Å². The molecule has 0 saturated carbocycles. The molecule has 82 valence electrons. The molecule has 0 aliphatic rings. The largest absolute Gasteiger partial charge is 0.468 e. The van der Waals surface area contributed by atoms with Crippen molar-refractivity contribution in [3.8, 4) is 5.75 Å². The van der Waals surface area contributed by atoms with Crippen LogP contribution in [0.2, 0.25) is 0 Å². The standard InChI is InChI=1S/C11H14O4/c1-8(12)11(13)9-4-3-5-10(6-9)15-7-14-2/h3-6,8,12H,7H2,1-2H3/t8-/m0/s1. The molecule has 0 bridgehead atoms. The van der Waals surface area contributed by atoms with E-state index in [2.05, 4.69) is 0 Å². The summed E-state index contributed by atoms with van der Waals surface area (Å²) in [6.45, 7) is 1.57. The predicted octanol–water partition coefficient (Wildman–Crippen LogP) is 1.23. The lowest BCUT2D eigenvalue weighted by Crippen LogP contribution is -2.16. The monoisotopic (exact) mass is 210 g/mol. The first-order valence-corrected chi connectivity index (χ1v) is 4.59. The van der Waals surface area contributed by atoms with Crippen LogP contribution in [0.1, 0.15) is 17.3 Å². The fourth-order valence-corrected chi connectivity index (χ4v) is 1.11. The van der Waals surface area contributed by atoms with Crippen molar-refractivity contribution in [3.05, 3.63) is 29.8 Å².